The number of alkyl halides is 2. The van der Waals surface area contributed by atoms with Gasteiger partial charge < -0.3 is 26.4 Å². The molecule has 51 heavy (non-hydrogen) atoms. The van der Waals surface area contributed by atoms with Crippen molar-refractivity contribution in [3.8, 4) is 23.2 Å². The van der Waals surface area contributed by atoms with Crippen molar-refractivity contribution in [1.82, 2.24) is 19.9 Å². The minimum atomic E-state index is -2.59. The number of anilines is 3. The summed E-state index contributed by atoms with van der Waals surface area (Å²) in [5.41, 5.74) is 11.9. The van der Waals surface area contributed by atoms with Crippen LogP contribution in [0.2, 0.25) is 5.02 Å². The second-order valence-corrected chi connectivity index (χ2v) is 15.7. The molecule has 0 bridgehead atoms. The van der Waals surface area contributed by atoms with E-state index in [0.717, 1.165) is 29.7 Å². The number of hydrogen-bond acceptors (Lipinski definition) is 10. The highest BCUT2D eigenvalue weighted by Crippen LogP contribution is 2.65. The molecule has 0 radical (unpaired) electrons. The van der Waals surface area contributed by atoms with Gasteiger partial charge in [-0.1, -0.05) is 30.7 Å². The second kappa shape index (κ2) is 12.1. The first-order valence-corrected chi connectivity index (χ1v) is 17.8. The van der Waals surface area contributed by atoms with Crippen molar-refractivity contribution < 1.29 is 22.3 Å². The number of pyridine rings is 1. The third kappa shape index (κ3) is 5.75. The zero-order valence-corrected chi connectivity index (χ0v) is 29.1. The molecule has 1 saturated heterocycles. The zero-order chi connectivity index (χ0) is 35.9. The van der Waals surface area contributed by atoms with Crippen LogP contribution in [0.25, 0.3) is 32.1 Å². The number of thiophene rings is 1. The molecule has 15 heteroatoms. The molecule has 2 aliphatic carbocycles. The first-order chi connectivity index (χ1) is 24.3. The van der Waals surface area contributed by atoms with Crippen molar-refractivity contribution >= 4 is 60.6 Å². The van der Waals surface area contributed by atoms with E-state index in [4.69, 9.17) is 27.8 Å². The van der Waals surface area contributed by atoms with Crippen LogP contribution in [0.15, 0.2) is 36.5 Å². The van der Waals surface area contributed by atoms with Gasteiger partial charge in [0.05, 0.1) is 27.3 Å². The van der Waals surface area contributed by atoms with Crippen molar-refractivity contribution in [2.45, 2.75) is 44.4 Å². The summed E-state index contributed by atoms with van der Waals surface area (Å²) in [6, 6.07) is 9.69. The van der Waals surface area contributed by atoms with E-state index in [1.54, 1.807) is 12.3 Å². The fourth-order valence-electron chi connectivity index (χ4n) is 7.47. The van der Waals surface area contributed by atoms with Crippen molar-refractivity contribution in [2.24, 2.45) is 10.8 Å². The SMILES string of the molecule is C[C@@H](CNc1nc(OCC2(CN3CC[C@]4(C3)CC4(F)F)CC2)nc2c(F)c(-c3ccc(F)c4sc(N)c(C#N)c34)c(Cl)cc12)c1cccnc1N. The van der Waals surface area contributed by atoms with E-state index < -0.39 is 23.0 Å². The van der Waals surface area contributed by atoms with Crippen LogP contribution < -0.4 is 21.5 Å². The normalized spacial score (nSPS) is 20.9. The highest BCUT2D eigenvalue weighted by molar-refractivity contribution is 7.23. The number of aromatic nitrogens is 3. The van der Waals surface area contributed by atoms with Crippen LogP contribution in [-0.2, 0) is 0 Å². The van der Waals surface area contributed by atoms with Crippen LogP contribution >= 0.6 is 22.9 Å². The maximum atomic E-state index is 16.9. The Hall–Kier alpha value is -4.45. The number of nitrogens with two attached hydrogens (primary N) is 2. The molecule has 1 spiro atoms. The predicted molar refractivity (Wildman–Crippen MR) is 190 cm³/mol. The molecule has 9 nitrogen and oxygen atoms in total. The molecule has 3 fully saturated rings. The Kier molecular flexibility index (Phi) is 7.97. The number of nitrogen functional groups attached to an aromatic ring is 2. The lowest BCUT2D eigenvalue weighted by Crippen LogP contribution is -2.32. The van der Waals surface area contributed by atoms with Crippen molar-refractivity contribution in [1.29, 1.82) is 5.26 Å². The molecule has 5 aromatic rings. The lowest BCUT2D eigenvalue weighted by atomic mass is 9.97. The standard InChI is InChI=1S/C36H33ClF4N8OS/c1-18(19-3-2-9-45-30(19)43)13-46-32-21-11-23(37)26(20-4-5-24(38)29-25(20)22(12-42)31(44)51-29)27(39)28(21)47-33(48-32)50-17-34(6-7-34)15-49-10-8-35(16-49)14-36(35,40)41/h2-5,9,11,18H,6-8,10,13-17,44H2,1H3,(H2,43,45)(H,46,47,48)/t18-,35+/m0/s1. The molecule has 1 aliphatic heterocycles. The Morgan fingerprint density at radius 1 is 1.18 bits per heavy atom. The summed E-state index contributed by atoms with van der Waals surface area (Å²) in [6.07, 6.45) is 3.76. The monoisotopic (exact) mass is 736 g/mol. The van der Waals surface area contributed by atoms with E-state index in [-0.39, 0.29) is 83.9 Å². The summed E-state index contributed by atoms with van der Waals surface area (Å²) in [7, 11) is 0. The predicted octanol–water partition coefficient (Wildman–Crippen LogP) is 7.98. The van der Waals surface area contributed by atoms with E-state index in [2.05, 4.69) is 25.2 Å². The Morgan fingerprint density at radius 2 is 1.96 bits per heavy atom. The maximum absolute atomic E-state index is 16.9. The molecule has 3 aromatic heterocycles. The number of hydrogen-bond donors (Lipinski definition) is 3. The average Bonchev–Trinajstić information content (AvgIpc) is 3.84. The molecular formula is C36H33ClF4N8OS. The molecule has 264 valence electrons. The minimum Gasteiger partial charge on any atom is -0.463 e. The number of benzene rings is 2. The van der Waals surface area contributed by atoms with Gasteiger partial charge in [0.25, 0.3) is 5.92 Å². The van der Waals surface area contributed by atoms with Gasteiger partial charge in [-0.25, -0.2) is 22.5 Å². The zero-order valence-electron chi connectivity index (χ0n) is 27.5. The molecule has 5 N–H and O–H groups in total. The van der Waals surface area contributed by atoms with Gasteiger partial charge in [-0.05, 0) is 55.1 Å². The van der Waals surface area contributed by atoms with Crippen LogP contribution in [0.5, 0.6) is 6.01 Å². The van der Waals surface area contributed by atoms with Crippen molar-refractivity contribution in [3.63, 3.8) is 0 Å². The van der Waals surface area contributed by atoms with Crippen molar-refractivity contribution in [3.05, 3.63) is 64.3 Å². The Balaban J connectivity index is 1.16. The van der Waals surface area contributed by atoms with Gasteiger partial charge in [-0.15, -0.1) is 11.3 Å². The number of nitrogens with zero attached hydrogens (tertiary/aromatic N) is 5. The van der Waals surface area contributed by atoms with Gasteiger partial charge in [0.2, 0.25) is 0 Å². The summed E-state index contributed by atoms with van der Waals surface area (Å²) in [6.45, 7) is 4.13. The highest BCUT2D eigenvalue weighted by Gasteiger charge is 2.72. The fraction of sp³-hybridized carbons (Fsp3) is 0.389. The lowest BCUT2D eigenvalue weighted by molar-refractivity contribution is 0.0644. The largest absolute Gasteiger partial charge is 0.463 e. The van der Waals surface area contributed by atoms with Gasteiger partial charge in [-0.3, -0.25) is 0 Å². The quantitative estimate of drug-likeness (QED) is 0.122. The molecular weight excluding hydrogens is 704 g/mol. The van der Waals surface area contributed by atoms with Crippen molar-refractivity contribution in [2.75, 3.05) is 49.6 Å². The maximum Gasteiger partial charge on any atom is 0.319 e. The minimum absolute atomic E-state index is 0.00648. The van der Waals surface area contributed by atoms with Crippen LogP contribution in [0.3, 0.4) is 0 Å². The van der Waals surface area contributed by atoms with Gasteiger partial charge in [-0.2, -0.15) is 15.2 Å². The molecule has 2 aromatic carbocycles. The van der Waals surface area contributed by atoms with E-state index >= 15 is 4.39 Å². The van der Waals surface area contributed by atoms with Crippen LogP contribution in [0, 0.1) is 33.8 Å². The number of nitrogens with one attached hydrogen (secondary N) is 1. The van der Waals surface area contributed by atoms with Gasteiger partial charge in [0.1, 0.15) is 34.0 Å². The smallest absolute Gasteiger partial charge is 0.319 e. The fourth-order valence-corrected chi connectivity index (χ4v) is 8.71. The topological polar surface area (TPSA) is 139 Å². The van der Waals surface area contributed by atoms with Gasteiger partial charge >= 0.3 is 6.01 Å². The number of nitriles is 1. The Labute approximate surface area is 299 Å². The van der Waals surface area contributed by atoms with E-state index in [1.807, 2.05) is 19.1 Å². The lowest BCUT2D eigenvalue weighted by Gasteiger charge is -2.23. The van der Waals surface area contributed by atoms with Gasteiger partial charge in [0, 0.05) is 59.9 Å². The van der Waals surface area contributed by atoms with E-state index in [0.29, 0.717) is 38.4 Å². The third-order valence-corrected chi connectivity index (χ3v) is 12.0. The Morgan fingerprint density at radius 3 is 2.65 bits per heavy atom. The summed E-state index contributed by atoms with van der Waals surface area (Å²) in [5, 5.41) is 13.7. The van der Waals surface area contributed by atoms with Crippen LogP contribution in [0.4, 0.5) is 34.2 Å². The first-order valence-electron chi connectivity index (χ1n) is 16.6. The summed E-state index contributed by atoms with van der Waals surface area (Å²) >= 11 is 7.70. The average molecular weight is 737 g/mol. The summed E-state index contributed by atoms with van der Waals surface area (Å²) in [5.74, 6) is -3.46. The van der Waals surface area contributed by atoms with Crippen LogP contribution in [0.1, 0.15) is 49.7 Å². The number of halogens is 5. The highest BCUT2D eigenvalue weighted by atomic mass is 35.5. The number of rotatable bonds is 10. The van der Waals surface area contributed by atoms with E-state index in [9.17, 15) is 18.4 Å². The first kappa shape index (κ1) is 33.7. The van der Waals surface area contributed by atoms with Gasteiger partial charge in [0.15, 0.2) is 5.82 Å². The molecule has 0 unspecified atom stereocenters. The second-order valence-electron chi connectivity index (χ2n) is 14.2. The number of ether oxygens (including phenoxy) is 1. The molecule has 2 atom stereocenters. The molecule has 0 amide bonds. The summed E-state index contributed by atoms with van der Waals surface area (Å²) < 4.78 is 66.2. The molecule has 4 heterocycles. The number of fused-ring (bicyclic) bond motifs is 2. The summed E-state index contributed by atoms with van der Waals surface area (Å²) in [4.78, 5) is 15.4. The van der Waals surface area contributed by atoms with Crippen LogP contribution in [-0.4, -0.2) is 58.6 Å². The molecule has 3 aliphatic rings. The molecule has 8 rings (SSSR count). The Bertz CT molecular complexity index is 2270. The molecule has 2 saturated carbocycles. The third-order valence-electron chi connectivity index (χ3n) is 10.7. The van der Waals surface area contributed by atoms with E-state index in [1.165, 1.54) is 18.2 Å². The number of likely N-dealkylation sites (tertiary alicyclic amines) is 1.